The summed E-state index contributed by atoms with van der Waals surface area (Å²) in [5.74, 6) is -0.461. The molecule has 1 aliphatic heterocycles. The van der Waals surface area contributed by atoms with Crippen LogP contribution in [0.1, 0.15) is 47.2 Å². The Labute approximate surface area is 203 Å². The van der Waals surface area contributed by atoms with Crippen molar-refractivity contribution in [1.29, 1.82) is 0 Å². The SMILES string of the molecule is O=CCCCC(=O)NN1Cc2c(NCc3cc(OCCCNCCO)ccc3F)cccc2C1=O. The van der Waals surface area contributed by atoms with E-state index < -0.39 is 0 Å². The Bertz CT molecular complexity index is 1030. The fourth-order valence-corrected chi connectivity index (χ4v) is 3.70. The van der Waals surface area contributed by atoms with Crippen LogP contribution in [0.2, 0.25) is 0 Å². The van der Waals surface area contributed by atoms with Gasteiger partial charge in [0.05, 0.1) is 19.8 Å². The van der Waals surface area contributed by atoms with Gasteiger partial charge >= 0.3 is 0 Å². The maximum absolute atomic E-state index is 14.4. The number of nitrogens with one attached hydrogen (secondary N) is 3. The molecule has 3 rings (SSSR count). The molecule has 0 aliphatic carbocycles. The first-order valence-corrected chi connectivity index (χ1v) is 11.7. The van der Waals surface area contributed by atoms with Crippen LogP contribution in [-0.4, -0.2) is 54.5 Å². The summed E-state index contributed by atoms with van der Waals surface area (Å²) in [4.78, 5) is 35.2. The molecule has 35 heavy (non-hydrogen) atoms. The van der Waals surface area contributed by atoms with Crippen molar-refractivity contribution in [3.63, 3.8) is 0 Å². The number of hydrazine groups is 1. The molecule has 0 atom stereocenters. The van der Waals surface area contributed by atoms with Crippen LogP contribution in [0.25, 0.3) is 0 Å². The predicted molar refractivity (Wildman–Crippen MR) is 128 cm³/mol. The highest BCUT2D eigenvalue weighted by atomic mass is 19.1. The Morgan fingerprint density at radius 2 is 2.06 bits per heavy atom. The summed E-state index contributed by atoms with van der Waals surface area (Å²) < 4.78 is 20.1. The third-order valence-corrected chi connectivity index (χ3v) is 5.49. The van der Waals surface area contributed by atoms with Gasteiger partial charge in [-0.1, -0.05) is 6.07 Å². The summed E-state index contributed by atoms with van der Waals surface area (Å²) in [5, 5.41) is 16.3. The lowest BCUT2D eigenvalue weighted by Crippen LogP contribution is -2.42. The van der Waals surface area contributed by atoms with Crippen molar-refractivity contribution < 1.29 is 28.6 Å². The van der Waals surface area contributed by atoms with Crippen molar-refractivity contribution in [1.82, 2.24) is 15.8 Å². The van der Waals surface area contributed by atoms with Crippen LogP contribution < -0.4 is 20.8 Å². The van der Waals surface area contributed by atoms with E-state index in [-0.39, 0.29) is 43.7 Å². The highest BCUT2D eigenvalue weighted by Crippen LogP contribution is 2.29. The summed E-state index contributed by atoms with van der Waals surface area (Å²) >= 11 is 0. The van der Waals surface area contributed by atoms with Crippen LogP contribution in [0.3, 0.4) is 0 Å². The zero-order valence-electron chi connectivity index (χ0n) is 19.5. The van der Waals surface area contributed by atoms with Gasteiger partial charge in [-0.05, 0) is 49.7 Å². The Balaban J connectivity index is 1.58. The number of carbonyl (C=O) groups excluding carboxylic acids is 3. The van der Waals surface area contributed by atoms with Gasteiger partial charge in [-0.2, -0.15) is 0 Å². The largest absolute Gasteiger partial charge is 0.494 e. The molecule has 0 bridgehead atoms. The molecule has 0 fully saturated rings. The molecule has 188 valence electrons. The van der Waals surface area contributed by atoms with E-state index in [9.17, 15) is 18.8 Å². The number of benzene rings is 2. The molecule has 0 spiro atoms. The number of rotatable bonds is 15. The van der Waals surface area contributed by atoms with Crippen molar-refractivity contribution in [2.24, 2.45) is 0 Å². The van der Waals surface area contributed by atoms with E-state index in [1.165, 1.54) is 11.1 Å². The molecule has 1 aliphatic rings. The molecule has 2 aromatic rings. The minimum atomic E-state index is -0.373. The Morgan fingerprint density at radius 3 is 2.86 bits per heavy atom. The quantitative estimate of drug-likeness (QED) is 0.225. The molecule has 2 amide bonds. The summed E-state index contributed by atoms with van der Waals surface area (Å²) in [7, 11) is 0. The van der Waals surface area contributed by atoms with Crippen LogP contribution in [0.4, 0.5) is 10.1 Å². The van der Waals surface area contributed by atoms with Gasteiger partial charge in [0.1, 0.15) is 17.9 Å². The number of nitrogens with zero attached hydrogens (tertiary/aromatic N) is 1. The van der Waals surface area contributed by atoms with E-state index >= 15 is 0 Å². The van der Waals surface area contributed by atoms with Gasteiger partial charge in [0.2, 0.25) is 5.91 Å². The summed E-state index contributed by atoms with van der Waals surface area (Å²) in [6, 6.07) is 9.80. The molecule has 0 saturated carbocycles. The van der Waals surface area contributed by atoms with Gasteiger partial charge < -0.3 is 25.3 Å². The molecule has 0 unspecified atom stereocenters. The Kier molecular flexibility index (Phi) is 10.00. The number of hydrogen-bond donors (Lipinski definition) is 4. The van der Waals surface area contributed by atoms with Crippen molar-refractivity contribution in [2.45, 2.75) is 38.8 Å². The number of fused-ring (bicyclic) bond motifs is 1. The average Bonchev–Trinajstić information content (AvgIpc) is 3.17. The van der Waals surface area contributed by atoms with Crippen LogP contribution in [-0.2, 0) is 22.7 Å². The third-order valence-electron chi connectivity index (χ3n) is 5.49. The lowest BCUT2D eigenvalue weighted by Gasteiger charge is -2.17. The monoisotopic (exact) mass is 486 g/mol. The second-order valence-electron chi connectivity index (χ2n) is 8.10. The summed E-state index contributed by atoms with van der Waals surface area (Å²) in [6.45, 7) is 2.17. The number of carbonyl (C=O) groups is 3. The summed E-state index contributed by atoms with van der Waals surface area (Å²) in [6.07, 6.45) is 2.37. The number of halogens is 1. The van der Waals surface area contributed by atoms with Crippen LogP contribution >= 0.6 is 0 Å². The fourth-order valence-electron chi connectivity index (χ4n) is 3.70. The molecular weight excluding hydrogens is 455 g/mol. The van der Waals surface area contributed by atoms with E-state index in [1.54, 1.807) is 30.3 Å². The maximum Gasteiger partial charge on any atom is 0.273 e. The number of anilines is 1. The zero-order valence-corrected chi connectivity index (χ0v) is 19.5. The minimum absolute atomic E-state index is 0.0864. The molecular formula is C25H31FN4O5. The highest BCUT2D eigenvalue weighted by molar-refractivity contribution is 6.00. The van der Waals surface area contributed by atoms with Gasteiger partial charge in [-0.3, -0.25) is 15.0 Å². The van der Waals surface area contributed by atoms with Crippen LogP contribution in [0.15, 0.2) is 36.4 Å². The molecule has 10 heteroatoms. The number of ether oxygens (including phenoxy) is 1. The van der Waals surface area contributed by atoms with Gasteiger partial charge in [0.15, 0.2) is 0 Å². The molecule has 9 nitrogen and oxygen atoms in total. The van der Waals surface area contributed by atoms with Gasteiger partial charge in [0, 0.05) is 48.3 Å². The normalized spacial score (nSPS) is 12.4. The van der Waals surface area contributed by atoms with Gasteiger partial charge in [-0.25, -0.2) is 9.40 Å². The van der Waals surface area contributed by atoms with Gasteiger partial charge in [0.25, 0.3) is 5.91 Å². The predicted octanol–water partition coefficient (Wildman–Crippen LogP) is 2.14. The molecule has 1 heterocycles. The maximum atomic E-state index is 14.4. The van der Waals surface area contributed by atoms with Crippen molar-refractivity contribution in [3.8, 4) is 5.75 Å². The van der Waals surface area contributed by atoms with E-state index in [2.05, 4.69) is 16.1 Å². The summed E-state index contributed by atoms with van der Waals surface area (Å²) in [5.41, 5.74) is 4.87. The van der Waals surface area contributed by atoms with Crippen LogP contribution in [0.5, 0.6) is 5.75 Å². The molecule has 0 saturated heterocycles. The number of unbranched alkanes of at least 4 members (excludes halogenated alkanes) is 1. The first kappa shape index (κ1) is 26.1. The average molecular weight is 487 g/mol. The van der Waals surface area contributed by atoms with E-state index in [1.807, 2.05) is 0 Å². The Morgan fingerprint density at radius 1 is 1.20 bits per heavy atom. The van der Waals surface area contributed by atoms with Gasteiger partial charge in [-0.15, -0.1) is 0 Å². The molecule has 2 aromatic carbocycles. The number of aliphatic hydroxyl groups is 1. The number of amides is 2. The standard InChI is InChI=1S/C25H31FN4O5/c26-22-9-8-19(35-14-4-10-27-11-13-32)15-18(22)16-28-23-6-3-5-20-21(23)17-30(25(20)34)29-24(33)7-1-2-12-31/h3,5-6,8-9,12,15,27-28,32H,1-2,4,7,10-11,13-14,16-17H2,(H,29,33). The van der Waals surface area contributed by atoms with Crippen molar-refractivity contribution in [3.05, 3.63) is 58.9 Å². The van der Waals surface area contributed by atoms with Crippen LogP contribution in [0, 0.1) is 5.82 Å². The third kappa shape index (κ3) is 7.49. The number of hydrogen-bond acceptors (Lipinski definition) is 7. The van der Waals surface area contributed by atoms with E-state index in [4.69, 9.17) is 9.84 Å². The lowest BCUT2D eigenvalue weighted by molar-refractivity contribution is -0.125. The molecule has 0 radical (unpaired) electrons. The fraction of sp³-hybridized carbons (Fsp3) is 0.400. The topological polar surface area (TPSA) is 120 Å². The zero-order chi connectivity index (χ0) is 25.0. The molecule has 4 N–H and O–H groups in total. The number of aldehydes is 1. The highest BCUT2D eigenvalue weighted by Gasteiger charge is 2.30. The first-order chi connectivity index (χ1) is 17.0. The van der Waals surface area contributed by atoms with Crippen molar-refractivity contribution in [2.75, 3.05) is 31.6 Å². The smallest absolute Gasteiger partial charge is 0.273 e. The second kappa shape index (κ2) is 13.4. The molecule has 0 aromatic heterocycles. The van der Waals surface area contributed by atoms with Crippen molar-refractivity contribution >= 4 is 23.8 Å². The second-order valence-corrected chi connectivity index (χ2v) is 8.10. The Hall–Kier alpha value is -3.50. The van der Waals surface area contributed by atoms with E-state index in [0.717, 1.165) is 12.7 Å². The first-order valence-electron chi connectivity index (χ1n) is 11.7. The minimum Gasteiger partial charge on any atom is -0.494 e. The number of aliphatic hydroxyl groups excluding tert-OH is 1. The van der Waals surface area contributed by atoms with E-state index in [0.29, 0.717) is 60.7 Å². The lowest BCUT2D eigenvalue weighted by atomic mass is 10.1.